The van der Waals surface area contributed by atoms with Crippen molar-refractivity contribution in [1.29, 1.82) is 0 Å². The molecule has 0 radical (unpaired) electrons. The highest BCUT2D eigenvalue weighted by molar-refractivity contribution is 6.30. The molecule has 98 valence electrons. The highest BCUT2D eigenvalue weighted by Gasteiger charge is 2.14. The first kappa shape index (κ1) is 13.5. The fourth-order valence-corrected chi connectivity index (χ4v) is 1.84. The largest absolute Gasteiger partial charge is 0.305 e. The number of hydrogen-bond donors (Lipinski definition) is 0. The van der Waals surface area contributed by atoms with Gasteiger partial charge in [-0.15, -0.1) is 0 Å². The number of hydrogen-bond acceptors (Lipinski definition) is 3. The van der Waals surface area contributed by atoms with Gasteiger partial charge in [0.15, 0.2) is 0 Å². The number of halogens is 1. The average Bonchev–Trinajstić information content (AvgIpc) is 2.47. The summed E-state index contributed by atoms with van der Waals surface area (Å²) in [5, 5.41) is 0.681. The molecule has 0 fully saturated rings. The van der Waals surface area contributed by atoms with E-state index in [1.54, 1.807) is 17.3 Å². The van der Waals surface area contributed by atoms with Gasteiger partial charge in [-0.2, -0.15) is 0 Å². The summed E-state index contributed by atoms with van der Waals surface area (Å²) in [5.74, 6) is 0.0322. The lowest BCUT2D eigenvalue weighted by Gasteiger charge is -2.21. The zero-order chi connectivity index (χ0) is 13.7. The van der Waals surface area contributed by atoms with Crippen LogP contribution in [-0.2, 0) is 11.3 Å². The smallest absolute Gasteiger partial charge is 0.227 e. The van der Waals surface area contributed by atoms with Gasteiger partial charge in [-0.1, -0.05) is 30.7 Å². The van der Waals surface area contributed by atoms with Crippen molar-refractivity contribution in [2.75, 3.05) is 4.90 Å². The number of carbonyl (C=O) groups is 1. The van der Waals surface area contributed by atoms with Gasteiger partial charge in [0, 0.05) is 11.4 Å². The third-order valence-corrected chi connectivity index (χ3v) is 2.97. The maximum absolute atomic E-state index is 12.0. The van der Waals surface area contributed by atoms with E-state index in [9.17, 15) is 4.79 Å². The molecule has 0 unspecified atom stereocenters. The Hall–Kier alpha value is -1.94. The second-order valence-electron chi connectivity index (χ2n) is 4.06. The first-order chi connectivity index (χ1) is 9.20. The van der Waals surface area contributed by atoms with E-state index in [0.29, 0.717) is 23.7 Å². The molecule has 1 amide bonds. The van der Waals surface area contributed by atoms with Gasteiger partial charge in [-0.3, -0.25) is 4.79 Å². The maximum atomic E-state index is 12.0. The van der Waals surface area contributed by atoms with Crippen molar-refractivity contribution in [2.24, 2.45) is 0 Å². The van der Waals surface area contributed by atoms with Crippen molar-refractivity contribution < 1.29 is 4.79 Å². The van der Waals surface area contributed by atoms with Crippen LogP contribution in [0.3, 0.4) is 0 Å². The highest BCUT2D eigenvalue weighted by atomic mass is 35.5. The molecule has 1 aromatic heterocycles. The van der Waals surface area contributed by atoms with Crippen LogP contribution in [0.4, 0.5) is 5.69 Å². The molecule has 4 nitrogen and oxygen atoms in total. The molecular weight excluding hydrogens is 262 g/mol. The summed E-state index contributed by atoms with van der Waals surface area (Å²) in [5.41, 5.74) is 1.71. The van der Waals surface area contributed by atoms with Crippen LogP contribution >= 0.6 is 11.6 Å². The van der Waals surface area contributed by atoms with Gasteiger partial charge in [-0.25, -0.2) is 9.97 Å². The first-order valence-electron chi connectivity index (χ1n) is 6.00. The maximum Gasteiger partial charge on any atom is 0.227 e. The van der Waals surface area contributed by atoms with Gasteiger partial charge in [-0.05, 0) is 17.7 Å². The molecule has 0 N–H and O–H groups in total. The molecule has 2 aromatic rings. The van der Waals surface area contributed by atoms with Gasteiger partial charge < -0.3 is 4.90 Å². The third kappa shape index (κ3) is 3.51. The Labute approximate surface area is 117 Å². The number of nitrogens with zero attached hydrogens (tertiary/aromatic N) is 3. The summed E-state index contributed by atoms with van der Waals surface area (Å²) < 4.78 is 0. The lowest BCUT2D eigenvalue weighted by atomic mass is 10.2. The van der Waals surface area contributed by atoms with E-state index in [1.807, 2.05) is 31.2 Å². The molecule has 0 spiro atoms. The highest BCUT2D eigenvalue weighted by Crippen LogP contribution is 2.17. The van der Waals surface area contributed by atoms with Crippen molar-refractivity contribution in [3.8, 4) is 0 Å². The molecule has 0 saturated heterocycles. The zero-order valence-electron chi connectivity index (χ0n) is 10.6. The molecule has 0 bridgehead atoms. The van der Waals surface area contributed by atoms with Gasteiger partial charge in [0.05, 0.1) is 24.6 Å². The molecule has 0 aliphatic carbocycles. The number of rotatable bonds is 4. The van der Waals surface area contributed by atoms with Crippen LogP contribution in [0.2, 0.25) is 5.02 Å². The molecule has 0 aliphatic rings. The van der Waals surface area contributed by atoms with Crippen molar-refractivity contribution in [3.05, 3.63) is 53.6 Å². The fourth-order valence-electron chi connectivity index (χ4n) is 1.72. The summed E-state index contributed by atoms with van der Waals surface area (Å²) in [6.45, 7) is 2.32. The molecule has 2 rings (SSSR count). The number of amides is 1. The second-order valence-corrected chi connectivity index (χ2v) is 4.49. The Bertz CT molecular complexity index is 542. The molecule has 0 aliphatic heterocycles. The van der Waals surface area contributed by atoms with Gasteiger partial charge in [0.2, 0.25) is 5.91 Å². The van der Waals surface area contributed by atoms with E-state index in [-0.39, 0.29) is 5.91 Å². The molecule has 19 heavy (non-hydrogen) atoms. The van der Waals surface area contributed by atoms with E-state index in [4.69, 9.17) is 11.6 Å². The van der Waals surface area contributed by atoms with Crippen LogP contribution in [0.15, 0.2) is 43.0 Å². The fraction of sp³-hybridized carbons (Fsp3) is 0.214. The summed E-state index contributed by atoms with van der Waals surface area (Å²) in [4.78, 5) is 21.6. The van der Waals surface area contributed by atoms with Crippen molar-refractivity contribution >= 4 is 23.2 Å². The van der Waals surface area contributed by atoms with Crippen LogP contribution in [0.1, 0.15) is 18.9 Å². The van der Waals surface area contributed by atoms with Gasteiger partial charge in [0.25, 0.3) is 0 Å². The minimum Gasteiger partial charge on any atom is -0.305 e. The number of carbonyl (C=O) groups excluding carboxylic acids is 1. The molecular formula is C14H14ClN3O. The molecule has 0 saturated carbocycles. The van der Waals surface area contributed by atoms with Crippen molar-refractivity contribution in [2.45, 2.75) is 19.9 Å². The minimum atomic E-state index is 0.0322. The SMILES string of the molecule is CCC(=O)N(Cc1ccc(Cl)cc1)c1cncnc1. The molecule has 1 heterocycles. The van der Waals surface area contributed by atoms with Crippen LogP contribution in [0, 0.1) is 0 Å². The lowest BCUT2D eigenvalue weighted by molar-refractivity contribution is -0.118. The van der Waals surface area contributed by atoms with Gasteiger partial charge in [0.1, 0.15) is 6.33 Å². The van der Waals surface area contributed by atoms with E-state index in [0.717, 1.165) is 5.56 Å². The molecule has 0 atom stereocenters. The van der Waals surface area contributed by atoms with Gasteiger partial charge >= 0.3 is 0 Å². The monoisotopic (exact) mass is 275 g/mol. The quantitative estimate of drug-likeness (QED) is 0.861. The zero-order valence-corrected chi connectivity index (χ0v) is 11.3. The second kappa shape index (κ2) is 6.29. The van der Waals surface area contributed by atoms with Crippen molar-refractivity contribution in [3.63, 3.8) is 0 Å². The predicted molar refractivity (Wildman–Crippen MR) is 75.0 cm³/mol. The van der Waals surface area contributed by atoms with Crippen LogP contribution in [-0.4, -0.2) is 15.9 Å². The van der Waals surface area contributed by atoms with E-state index in [2.05, 4.69) is 9.97 Å². The first-order valence-corrected chi connectivity index (χ1v) is 6.38. The summed E-state index contributed by atoms with van der Waals surface area (Å²) >= 11 is 5.85. The van der Waals surface area contributed by atoms with Crippen LogP contribution in [0.5, 0.6) is 0 Å². The Morgan fingerprint density at radius 1 is 1.21 bits per heavy atom. The summed E-state index contributed by atoms with van der Waals surface area (Å²) in [6.07, 6.45) is 5.15. The number of anilines is 1. The molecule has 5 heteroatoms. The lowest BCUT2D eigenvalue weighted by Crippen LogP contribution is -2.29. The minimum absolute atomic E-state index is 0.0322. The Kier molecular flexibility index (Phi) is 4.47. The van der Waals surface area contributed by atoms with E-state index in [1.165, 1.54) is 6.33 Å². The average molecular weight is 276 g/mol. The Balaban J connectivity index is 2.24. The summed E-state index contributed by atoms with van der Waals surface area (Å²) in [6, 6.07) is 7.43. The third-order valence-electron chi connectivity index (χ3n) is 2.72. The normalized spacial score (nSPS) is 10.2. The number of aromatic nitrogens is 2. The molecule has 1 aromatic carbocycles. The predicted octanol–water partition coefficient (Wildman–Crippen LogP) is 3.07. The van der Waals surface area contributed by atoms with E-state index >= 15 is 0 Å². The van der Waals surface area contributed by atoms with E-state index < -0.39 is 0 Å². The summed E-state index contributed by atoms with van der Waals surface area (Å²) in [7, 11) is 0. The van der Waals surface area contributed by atoms with Crippen LogP contribution < -0.4 is 4.90 Å². The Morgan fingerprint density at radius 3 is 2.42 bits per heavy atom. The van der Waals surface area contributed by atoms with Crippen LogP contribution in [0.25, 0.3) is 0 Å². The topological polar surface area (TPSA) is 46.1 Å². The standard InChI is InChI=1S/C14H14ClN3O/c1-2-14(19)18(13-7-16-10-17-8-13)9-11-3-5-12(15)6-4-11/h3-8,10H,2,9H2,1H3. The Morgan fingerprint density at radius 2 is 1.84 bits per heavy atom. The number of benzene rings is 1. The van der Waals surface area contributed by atoms with Crippen molar-refractivity contribution in [1.82, 2.24) is 9.97 Å².